The van der Waals surface area contributed by atoms with Gasteiger partial charge in [-0.05, 0) is 36.1 Å². The smallest absolute Gasteiger partial charge is 0.261 e. The number of para-hydroxylation sites is 1. The van der Waals surface area contributed by atoms with Gasteiger partial charge in [0.15, 0.2) is 6.61 Å². The number of ether oxygens (including phenoxy) is 1. The van der Waals surface area contributed by atoms with Crippen molar-refractivity contribution in [2.75, 3.05) is 6.61 Å². The first kappa shape index (κ1) is 16.6. The van der Waals surface area contributed by atoms with E-state index in [2.05, 4.69) is 5.32 Å². The topological polar surface area (TPSA) is 58.6 Å². The van der Waals surface area contributed by atoms with Crippen LogP contribution in [0.3, 0.4) is 0 Å². The summed E-state index contributed by atoms with van der Waals surface area (Å²) in [6.45, 7) is 0.370. The number of nitrogens with one attached hydrogen (secondary N) is 1. The van der Waals surface area contributed by atoms with Crippen LogP contribution >= 0.6 is 0 Å². The summed E-state index contributed by atoms with van der Waals surface area (Å²) in [6, 6.07) is 17.1. The third-order valence-corrected chi connectivity index (χ3v) is 4.90. The van der Waals surface area contributed by atoms with Gasteiger partial charge < -0.3 is 15.0 Å². The second kappa shape index (κ2) is 7.20. The number of hydrogen-bond acceptors (Lipinski definition) is 3. The highest BCUT2D eigenvalue weighted by molar-refractivity contribution is 5.89. The highest BCUT2D eigenvalue weighted by Crippen LogP contribution is 2.25. The summed E-state index contributed by atoms with van der Waals surface area (Å²) in [5.41, 5.74) is 2.23. The minimum Gasteiger partial charge on any atom is -0.484 e. The molecule has 1 aliphatic heterocycles. The fourth-order valence-electron chi connectivity index (χ4n) is 3.29. The summed E-state index contributed by atoms with van der Waals surface area (Å²) >= 11 is 0. The van der Waals surface area contributed by atoms with Gasteiger partial charge in [-0.1, -0.05) is 42.5 Å². The van der Waals surface area contributed by atoms with Crippen LogP contribution in [0.1, 0.15) is 24.0 Å². The van der Waals surface area contributed by atoms with Crippen molar-refractivity contribution in [3.63, 3.8) is 0 Å². The van der Waals surface area contributed by atoms with E-state index in [0.717, 1.165) is 24.0 Å². The standard InChI is InChI=1S/C21H22N2O3/c24-20(14-26-18-8-2-1-3-9-18)23-13-16-7-5-4-6-15(16)12-19(23)21(25)22-17-10-11-17/h1-9,17,19H,10-14H2,(H,22,25)/t19-/m1/s1. The van der Waals surface area contributed by atoms with Crippen LogP contribution in [0, 0.1) is 0 Å². The molecule has 1 atom stereocenters. The summed E-state index contributed by atoms with van der Waals surface area (Å²) in [4.78, 5) is 27.2. The minimum atomic E-state index is -0.475. The molecule has 1 saturated carbocycles. The number of fused-ring (bicyclic) bond motifs is 1. The number of amides is 2. The molecular weight excluding hydrogens is 328 g/mol. The molecule has 2 aromatic rings. The monoisotopic (exact) mass is 350 g/mol. The molecular formula is C21H22N2O3. The van der Waals surface area contributed by atoms with Crippen molar-refractivity contribution < 1.29 is 14.3 Å². The van der Waals surface area contributed by atoms with Crippen molar-refractivity contribution in [3.05, 3.63) is 65.7 Å². The summed E-state index contributed by atoms with van der Waals surface area (Å²) in [7, 11) is 0. The van der Waals surface area contributed by atoms with Crippen molar-refractivity contribution in [1.82, 2.24) is 10.2 Å². The second-order valence-corrected chi connectivity index (χ2v) is 6.89. The van der Waals surface area contributed by atoms with E-state index in [1.165, 1.54) is 0 Å². The maximum atomic E-state index is 12.8. The lowest BCUT2D eigenvalue weighted by Crippen LogP contribution is -2.54. The van der Waals surface area contributed by atoms with E-state index in [-0.39, 0.29) is 24.5 Å². The summed E-state index contributed by atoms with van der Waals surface area (Å²) in [5.74, 6) is 0.423. The van der Waals surface area contributed by atoms with Gasteiger partial charge in [-0.3, -0.25) is 9.59 Å². The molecule has 2 aromatic carbocycles. The fourth-order valence-corrected chi connectivity index (χ4v) is 3.29. The molecule has 0 saturated heterocycles. The first-order valence-corrected chi connectivity index (χ1v) is 9.05. The lowest BCUT2D eigenvalue weighted by Gasteiger charge is -2.36. The molecule has 1 aliphatic carbocycles. The number of benzene rings is 2. The number of carbonyl (C=O) groups excluding carboxylic acids is 2. The minimum absolute atomic E-state index is 0.0601. The molecule has 5 nitrogen and oxygen atoms in total. The Balaban J connectivity index is 1.50. The first-order chi connectivity index (χ1) is 12.7. The average Bonchev–Trinajstić information content (AvgIpc) is 3.50. The van der Waals surface area contributed by atoms with Crippen LogP contribution in [0.5, 0.6) is 5.75 Å². The van der Waals surface area contributed by atoms with E-state index in [4.69, 9.17) is 4.74 Å². The molecule has 0 bridgehead atoms. The molecule has 1 N–H and O–H groups in total. The number of carbonyl (C=O) groups is 2. The van der Waals surface area contributed by atoms with Crippen LogP contribution in [0.2, 0.25) is 0 Å². The van der Waals surface area contributed by atoms with Gasteiger partial charge in [0, 0.05) is 19.0 Å². The normalized spacial score (nSPS) is 18.8. The SMILES string of the molecule is O=C(NC1CC1)[C@H]1Cc2ccccc2CN1C(=O)COc1ccccc1. The maximum Gasteiger partial charge on any atom is 0.261 e. The Kier molecular flexibility index (Phi) is 4.61. The summed E-state index contributed by atoms with van der Waals surface area (Å²) in [6.07, 6.45) is 2.60. The van der Waals surface area contributed by atoms with Gasteiger partial charge in [-0.2, -0.15) is 0 Å². The van der Waals surface area contributed by atoms with Crippen molar-refractivity contribution in [3.8, 4) is 5.75 Å². The molecule has 0 unspecified atom stereocenters. The Morgan fingerprint density at radius 3 is 2.42 bits per heavy atom. The van der Waals surface area contributed by atoms with Crippen LogP contribution in [0.4, 0.5) is 0 Å². The Morgan fingerprint density at radius 2 is 1.69 bits per heavy atom. The van der Waals surface area contributed by atoms with Gasteiger partial charge in [0.05, 0.1) is 0 Å². The largest absolute Gasteiger partial charge is 0.484 e. The Bertz CT molecular complexity index is 802. The lowest BCUT2D eigenvalue weighted by molar-refractivity contribution is -0.143. The van der Waals surface area contributed by atoms with Gasteiger partial charge in [0.2, 0.25) is 5.91 Å². The molecule has 5 heteroatoms. The van der Waals surface area contributed by atoms with Crippen LogP contribution < -0.4 is 10.1 Å². The lowest BCUT2D eigenvalue weighted by atomic mass is 9.93. The number of rotatable bonds is 5. The molecule has 0 spiro atoms. The number of nitrogens with zero attached hydrogens (tertiary/aromatic N) is 1. The third-order valence-electron chi connectivity index (χ3n) is 4.90. The zero-order valence-corrected chi connectivity index (χ0v) is 14.6. The van der Waals surface area contributed by atoms with Gasteiger partial charge in [-0.15, -0.1) is 0 Å². The van der Waals surface area contributed by atoms with Crippen LogP contribution in [0.15, 0.2) is 54.6 Å². The Morgan fingerprint density at radius 1 is 1.00 bits per heavy atom. The molecule has 0 aromatic heterocycles. The Hall–Kier alpha value is -2.82. The van der Waals surface area contributed by atoms with E-state index < -0.39 is 6.04 Å². The molecule has 1 fully saturated rings. The summed E-state index contributed by atoms with van der Waals surface area (Å²) in [5, 5.41) is 3.04. The predicted molar refractivity (Wildman–Crippen MR) is 97.6 cm³/mol. The second-order valence-electron chi connectivity index (χ2n) is 6.89. The average molecular weight is 350 g/mol. The zero-order valence-electron chi connectivity index (χ0n) is 14.6. The molecule has 26 heavy (non-hydrogen) atoms. The molecule has 4 rings (SSSR count). The van der Waals surface area contributed by atoms with Crippen molar-refractivity contribution in [1.29, 1.82) is 0 Å². The predicted octanol–water partition coefficient (Wildman–Crippen LogP) is 2.30. The van der Waals surface area contributed by atoms with Gasteiger partial charge >= 0.3 is 0 Å². The highest BCUT2D eigenvalue weighted by atomic mass is 16.5. The maximum absolute atomic E-state index is 12.8. The third kappa shape index (κ3) is 3.72. The van der Waals surface area contributed by atoms with E-state index in [1.54, 1.807) is 4.90 Å². The molecule has 2 amide bonds. The number of hydrogen-bond donors (Lipinski definition) is 1. The van der Waals surface area contributed by atoms with Gasteiger partial charge in [0.25, 0.3) is 5.91 Å². The van der Waals surface area contributed by atoms with E-state index in [1.807, 2.05) is 54.6 Å². The van der Waals surface area contributed by atoms with Crippen LogP contribution in [-0.4, -0.2) is 35.4 Å². The zero-order chi connectivity index (χ0) is 17.9. The van der Waals surface area contributed by atoms with E-state index in [0.29, 0.717) is 18.7 Å². The van der Waals surface area contributed by atoms with Crippen molar-refractivity contribution in [2.45, 2.75) is 37.9 Å². The van der Waals surface area contributed by atoms with Gasteiger partial charge in [0.1, 0.15) is 11.8 Å². The van der Waals surface area contributed by atoms with E-state index >= 15 is 0 Å². The quantitative estimate of drug-likeness (QED) is 0.900. The first-order valence-electron chi connectivity index (χ1n) is 9.05. The molecule has 134 valence electrons. The van der Waals surface area contributed by atoms with Crippen molar-refractivity contribution >= 4 is 11.8 Å². The molecule has 2 aliphatic rings. The van der Waals surface area contributed by atoms with Crippen LogP contribution in [-0.2, 0) is 22.6 Å². The fraction of sp³-hybridized carbons (Fsp3) is 0.333. The molecule has 1 heterocycles. The van der Waals surface area contributed by atoms with Crippen LogP contribution in [0.25, 0.3) is 0 Å². The van der Waals surface area contributed by atoms with Crippen molar-refractivity contribution in [2.24, 2.45) is 0 Å². The Labute approximate surface area is 153 Å². The van der Waals surface area contributed by atoms with E-state index in [9.17, 15) is 9.59 Å². The highest BCUT2D eigenvalue weighted by Gasteiger charge is 2.36. The van der Waals surface area contributed by atoms with Gasteiger partial charge in [-0.25, -0.2) is 0 Å². The molecule has 0 radical (unpaired) electrons. The summed E-state index contributed by atoms with van der Waals surface area (Å²) < 4.78 is 5.61.